The van der Waals surface area contributed by atoms with Crippen LogP contribution in [0.15, 0.2) is 85.1 Å². The number of anilines is 4. The number of hydrogen-bond donors (Lipinski definition) is 1. The number of pyridine rings is 2. The number of aromatic hydroxyl groups is 1. The van der Waals surface area contributed by atoms with Gasteiger partial charge in [-0.05, 0) is 59.5 Å². The zero-order chi connectivity index (χ0) is 27.5. The van der Waals surface area contributed by atoms with Gasteiger partial charge in [-0.3, -0.25) is 4.90 Å². The highest BCUT2D eigenvalue weighted by Gasteiger charge is 2.40. The molecule has 5 nitrogen and oxygen atoms in total. The van der Waals surface area contributed by atoms with Crippen LogP contribution in [0.1, 0.15) is 50.3 Å². The molecule has 0 radical (unpaired) electrons. The second-order valence-electron chi connectivity index (χ2n) is 11.4. The first-order valence-corrected chi connectivity index (χ1v) is 13.5. The van der Waals surface area contributed by atoms with E-state index in [2.05, 4.69) is 106 Å². The molecule has 3 aromatic carbocycles. The summed E-state index contributed by atoms with van der Waals surface area (Å²) in [6, 6.07) is 27.0. The van der Waals surface area contributed by atoms with E-state index in [1.807, 2.05) is 24.4 Å². The van der Waals surface area contributed by atoms with Gasteiger partial charge in [-0.1, -0.05) is 64.1 Å². The Morgan fingerprint density at radius 1 is 0.872 bits per heavy atom. The number of phenols is 1. The van der Waals surface area contributed by atoms with Crippen LogP contribution >= 0.6 is 0 Å². The Balaban J connectivity index is 1.65. The maximum atomic E-state index is 10.8. The minimum Gasteiger partial charge on any atom is -0.506 e. The first-order valence-electron chi connectivity index (χ1n) is 13.5. The number of para-hydroxylation sites is 1. The fraction of sp³-hybridized carbons (Fsp3) is 0.235. The van der Waals surface area contributed by atoms with Gasteiger partial charge in [-0.25, -0.2) is 9.97 Å². The predicted octanol–water partition coefficient (Wildman–Crippen LogP) is 8.30. The van der Waals surface area contributed by atoms with Gasteiger partial charge in [-0.2, -0.15) is 0 Å². The number of benzene rings is 3. The van der Waals surface area contributed by atoms with E-state index in [0.717, 1.165) is 39.5 Å². The molecule has 196 valence electrons. The first-order chi connectivity index (χ1) is 18.7. The average Bonchev–Trinajstić information content (AvgIpc) is 2.93. The third-order valence-corrected chi connectivity index (χ3v) is 7.93. The molecule has 1 N–H and O–H groups in total. The zero-order valence-electron chi connectivity index (χ0n) is 23.4. The third kappa shape index (κ3) is 3.92. The number of aromatic nitrogens is 2. The lowest BCUT2D eigenvalue weighted by Crippen LogP contribution is -2.33. The van der Waals surface area contributed by atoms with Crippen LogP contribution in [-0.2, 0) is 5.41 Å². The third-order valence-electron chi connectivity index (χ3n) is 7.93. The lowest BCUT2D eigenvalue weighted by molar-refractivity contribution is 0.480. The normalized spacial score (nSPS) is 13.9. The molecule has 3 heterocycles. The molecule has 0 saturated carbocycles. The molecule has 0 saturated heterocycles. The number of fused-ring (bicyclic) bond motifs is 3. The highest BCUT2D eigenvalue weighted by Crippen LogP contribution is 2.55. The second-order valence-corrected chi connectivity index (χ2v) is 11.4. The van der Waals surface area contributed by atoms with Crippen LogP contribution in [0.5, 0.6) is 5.75 Å². The number of phenolic OH excluding ortho intramolecular Hbond substituents is 1. The Hall–Kier alpha value is -4.38. The molecule has 2 aromatic heterocycles. The van der Waals surface area contributed by atoms with Crippen LogP contribution in [0.3, 0.4) is 0 Å². The standard InChI is InChI=1S/C34H34N4O/c1-21(2)23-15-17-30(39)33-24(23)14-16-26(36-33)22-19-28(37(5)6)32-29(20-22)38(31-13-9-10-18-35-31)27-12-8-7-11-25(27)34(32,3)4/h7-21,39H,1-6H3. The van der Waals surface area contributed by atoms with Crippen molar-refractivity contribution in [2.75, 3.05) is 23.9 Å². The Morgan fingerprint density at radius 3 is 2.36 bits per heavy atom. The van der Waals surface area contributed by atoms with Gasteiger partial charge in [0.1, 0.15) is 17.1 Å². The van der Waals surface area contributed by atoms with Crippen LogP contribution in [0.25, 0.3) is 22.2 Å². The van der Waals surface area contributed by atoms with Crippen molar-refractivity contribution < 1.29 is 5.11 Å². The SMILES string of the molecule is CC(C)c1ccc(O)c2nc(-c3cc(N(C)C)c4c(c3)N(c3ccccn3)c3ccccc3C4(C)C)ccc12. The maximum absolute atomic E-state index is 10.8. The molecule has 5 aromatic rings. The molecule has 0 bridgehead atoms. The van der Waals surface area contributed by atoms with E-state index in [9.17, 15) is 5.11 Å². The van der Waals surface area contributed by atoms with E-state index in [1.54, 1.807) is 6.07 Å². The van der Waals surface area contributed by atoms with Crippen LogP contribution < -0.4 is 9.80 Å². The molecule has 0 atom stereocenters. The minimum absolute atomic E-state index is 0.201. The van der Waals surface area contributed by atoms with Crippen molar-refractivity contribution in [3.05, 3.63) is 102 Å². The topological polar surface area (TPSA) is 52.5 Å². The molecular formula is C34H34N4O. The van der Waals surface area contributed by atoms with E-state index in [1.165, 1.54) is 16.7 Å². The van der Waals surface area contributed by atoms with E-state index < -0.39 is 0 Å². The van der Waals surface area contributed by atoms with Crippen molar-refractivity contribution in [3.8, 4) is 17.0 Å². The predicted molar refractivity (Wildman–Crippen MR) is 162 cm³/mol. The molecule has 1 aliphatic heterocycles. The lowest BCUT2D eigenvalue weighted by Gasteiger charge is -2.43. The van der Waals surface area contributed by atoms with Gasteiger partial charge in [0.05, 0.1) is 17.1 Å². The van der Waals surface area contributed by atoms with Crippen molar-refractivity contribution in [2.24, 2.45) is 0 Å². The second kappa shape index (κ2) is 9.12. The molecular weight excluding hydrogens is 480 g/mol. The number of rotatable bonds is 4. The van der Waals surface area contributed by atoms with Crippen LogP contribution in [0, 0.1) is 0 Å². The van der Waals surface area contributed by atoms with Gasteiger partial charge >= 0.3 is 0 Å². The molecule has 0 spiro atoms. The summed E-state index contributed by atoms with van der Waals surface area (Å²) >= 11 is 0. The molecule has 0 amide bonds. The summed E-state index contributed by atoms with van der Waals surface area (Å²) < 4.78 is 0. The molecule has 39 heavy (non-hydrogen) atoms. The van der Waals surface area contributed by atoms with Gasteiger partial charge in [0.2, 0.25) is 0 Å². The molecule has 6 rings (SSSR count). The summed E-state index contributed by atoms with van der Waals surface area (Å²) in [4.78, 5) is 14.2. The van der Waals surface area contributed by atoms with Crippen molar-refractivity contribution in [1.82, 2.24) is 9.97 Å². The smallest absolute Gasteiger partial charge is 0.141 e. The summed E-state index contributed by atoms with van der Waals surface area (Å²) in [5.74, 6) is 1.40. The Bertz CT molecular complexity index is 1710. The van der Waals surface area contributed by atoms with Crippen LogP contribution in [0.4, 0.5) is 22.9 Å². The first kappa shape index (κ1) is 24.9. The fourth-order valence-electron chi connectivity index (χ4n) is 6.01. The fourth-order valence-corrected chi connectivity index (χ4v) is 6.01. The highest BCUT2D eigenvalue weighted by molar-refractivity contribution is 5.93. The largest absolute Gasteiger partial charge is 0.506 e. The summed E-state index contributed by atoms with van der Waals surface area (Å²) in [6.07, 6.45) is 1.84. The maximum Gasteiger partial charge on any atom is 0.141 e. The summed E-state index contributed by atoms with van der Waals surface area (Å²) in [5.41, 5.74) is 9.23. The molecule has 5 heteroatoms. The van der Waals surface area contributed by atoms with Crippen molar-refractivity contribution in [1.29, 1.82) is 0 Å². The van der Waals surface area contributed by atoms with E-state index in [4.69, 9.17) is 9.97 Å². The van der Waals surface area contributed by atoms with Crippen LogP contribution in [0.2, 0.25) is 0 Å². The highest BCUT2D eigenvalue weighted by atomic mass is 16.3. The summed E-state index contributed by atoms with van der Waals surface area (Å²) in [7, 11) is 4.19. The van der Waals surface area contributed by atoms with E-state index in [0.29, 0.717) is 11.4 Å². The van der Waals surface area contributed by atoms with Gasteiger partial charge in [0.25, 0.3) is 0 Å². The van der Waals surface area contributed by atoms with E-state index in [-0.39, 0.29) is 11.2 Å². The van der Waals surface area contributed by atoms with Crippen molar-refractivity contribution in [2.45, 2.75) is 39.0 Å². The van der Waals surface area contributed by atoms with Gasteiger partial charge in [0, 0.05) is 47.9 Å². The number of hydrogen-bond acceptors (Lipinski definition) is 5. The monoisotopic (exact) mass is 514 g/mol. The van der Waals surface area contributed by atoms with E-state index >= 15 is 0 Å². The summed E-state index contributed by atoms with van der Waals surface area (Å²) in [5, 5.41) is 11.8. The summed E-state index contributed by atoms with van der Waals surface area (Å²) in [6.45, 7) is 8.93. The molecule has 0 unspecified atom stereocenters. The molecule has 0 fully saturated rings. The van der Waals surface area contributed by atoms with Crippen LogP contribution in [-0.4, -0.2) is 29.2 Å². The van der Waals surface area contributed by atoms with Crippen molar-refractivity contribution >= 4 is 33.8 Å². The molecule has 0 aliphatic carbocycles. The zero-order valence-corrected chi connectivity index (χ0v) is 23.4. The average molecular weight is 515 g/mol. The lowest BCUT2D eigenvalue weighted by atomic mass is 9.72. The Kier molecular flexibility index (Phi) is 5.83. The molecule has 1 aliphatic rings. The quantitative estimate of drug-likeness (QED) is 0.261. The number of nitrogens with zero attached hydrogens (tertiary/aromatic N) is 4. The van der Waals surface area contributed by atoms with Gasteiger partial charge in [-0.15, -0.1) is 0 Å². The Morgan fingerprint density at radius 2 is 1.64 bits per heavy atom. The van der Waals surface area contributed by atoms with Gasteiger partial charge in [0.15, 0.2) is 0 Å². The Labute approximate surface area is 230 Å². The minimum atomic E-state index is -0.239. The van der Waals surface area contributed by atoms with Gasteiger partial charge < -0.3 is 10.0 Å². The van der Waals surface area contributed by atoms with Crippen molar-refractivity contribution in [3.63, 3.8) is 0 Å².